The van der Waals surface area contributed by atoms with E-state index in [-0.39, 0.29) is 48.0 Å². The number of aromatic nitrogens is 4. The van der Waals surface area contributed by atoms with Crippen molar-refractivity contribution in [2.75, 3.05) is 37.8 Å². The van der Waals surface area contributed by atoms with Crippen molar-refractivity contribution in [2.45, 2.75) is 50.9 Å². The van der Waals surface area contributed by atoms with Crippen LogP contribution in [0.3, 0.4) is 0 Å². The van der Waals surface area contributed by atoms with Gasteiger partial charge in [-0.15, -0.1) is 0 Å². The van der Waals surface area contributed by atoms with Crippen LogP contribution in [0, 0.1) is 5.41 Å². The molecule has 1 saturated heterocycles. The summed E-state index contributed by atoms with van der Waals surface area (Å²) in [5, 5.41) is 34.7. The van der Waals surface area contributed by atoms with E-state index in [1.54, 1.807) is 0 Å². The van der Waals surface area contributed by atoms with Gasteiger partial charge in [0.25, 0.3) is 26.7 Å². The number of rotatable bonds is 20. The molecule has 7 N–H and O–H groups in total. The van der Waals surface area contributed by atoms with Crippen molar-refractivity contribution in [3.63, 3.8) is 0 Å². The fraction of sp³-hybridized carbons (Fsp3) is 0.538. The Balaban J connectivity index is 1.23. The number of nitrogen functional groups attached to an aromatic ring is 1. The first-order valence-corrected chi connectivity index (χ1v) is 21.1. The van der Waals surface area contributed by atoms with Gasteiger partial charge in [-0.3, -0.25) is 28.1 Å². The topological polar surface area (TPSA) is 408 Å². The number of thioether (sulfide) groups is 1. The molecular formula is C26H34N7O19P3S-4. The molecule has 2 amide bonds. The summed E-state index contributed by atoms with van der Waals surface area (Å²) in [6, 6.07) is 2.48. The molecule has 0 bridgehead atoms. The third-order valence-electron chi connectivity index (χ3n) is 7.50. The lowest BCUT2D eigenvalue weighted by Crippen LogP contribution is -2.46. The minimum Gasteiger partial charge on any atom is -0.790 e. The van der Waals surface area contributed by atoms with Crippen molar-refractivity contribution in [3.05, 3.63) is 30.5 Å². The number of nitrogens with zero attached hydrogens (tertiary/aromatic N) is 4. The SMILES string of the molecule is CC(C)(COP(=O)([O-])OP(=O)([O-])OC[C@H]1O[C@@H](n2cnc3c(N)ncnc32)[C@H](O)[C@@H]1OP(=O)([O-])[O-])[C@@H](O)C(=O)NCCC(=O)NCCSC(=O)c1ccc(O)o1. The molecule has 26 nitrogen and oxygen atoms in total. The first-order valence-electron chi connectivity index (χ1n) is 15.8. The molecular weight excluding hydrogens is 839 g/mol. The molecule has 0 radical (unpaired) electrons. The van der Waals surface area contributed by atoms with Gasteiger partial charge in [0, 0.05) is 36.7 Å². The Hall–Kier alpha value is -3.36. The van der Waals surface area contributed by atoms with Crippen molar-refractivity contribution in [1.82, 2.24) is 30.2 Å². The van der Waals surface area contributed by atoms with E-state index in [2.05, 4.69) is 43.5 Å². The Bertz CT molecular complexity index is 2030. The van der Waals surface area contributed by atoms with E-state index in [4.69, 9.17) is 20.0 Å². The number of furan rings is 1. The summed E-state index contributed by atoms with van der Waals surface area (Å²) < 4.78 is 65.2. The number of ether oxygens (including phenoxy) is 1. The molecule has 0 saturated carbocycles. The normalized spacial score (nSPS) is 21.6. The number of aliphatic hydroxyl groups is 2. The Morgan fingerprint density at radius 1 is 1.07 bits per heavy atom. The fourth-order valence-electron chi connectivity index (χ4n) is 4.76. The standard InChI is InChI=1S/C26H38N7O19P3S/c1-26(2,20(37)23(38)29-6-5-15(34)28-7-8-56-25(39)13-3-4-16(35)49-13)10-48-55(45,46)52-54(43,44)47-9-14-19(51-53(40,41)42)18(36)24(50-14)33-12-32-17-21(27)30-11-31-22(17)33/h3-4,11-12,14,18-20,24,35-37H,5-10H2,1-2H3,(H,28,34)(H,29,38)(H,43,44)(H,45,46)(H2,27,30,31)(H2,40,41,42)/p-4/t14-,18-,19-,20+,24-/m1/s1. The quantitative estimate of drug-likeness (QED) is 0.0479. The molecule has 0 spiro atoms. The largest absolute Gasteiger partial charge is 0.790 e. The highest BCUT2D eigenvalue weighted by Crippen LogP contribution is 2.56. The molecule has 1 fully saturated rings. The zero-order valence-electron chi connectivity index (χ0n) is 28.9. The summed E-state index contributed by atoms with van der Waals surface area (Å²) in [5.41, 5.74) is 4.02. The summed E-state index contributed by atoms with van der Waals surface area (Å²) in [6.45, 7) is -0.157. The van der Waals surface area contributed by atoms with Crippen LogP contribution in [0.4, 0.5) is 5.82 Å². The molecule has 3 aromatic heterocycles. The van der Waals surface area contributed by atoms with E-state index in [1.807, 2.05) is 0 Å². The maximum Gasteiger partial charge on any atom is 0.282 e. The molecule has 2 unspecified atom stereocenters. The van der Waals surface area contributed by atoms with Crippen molar-refractivity contribution in [3.8, 4) is 5.95 Å². The maximum atomic E-state index is 12.5. The van der Waals surface area contributed by atoms with Crippen LogP contribution in [-0.2, 0) is 45.9 Å². The zero-order chi connectivity index (χ0) is 41.6. The number of imidazole rings is 1. The summed E-state index contributed by atoms with van der Waals surface area (Å²) in [6.07, 6.45) is -7.73. The highest BCUT2D eigenvalue weighted by Gasteiger charge is 2.47. The lowest BCUT2D eigenvalue weighted by Gasteiger charge is -2.36. The number of phosphoric ester groups is 3. The van der Waals surface area contributed by atoms with Gasteiger partial charge >= 0.3 is 0 Å². The number of hydrogen-bond donors (Lipinski definition) is 6. The van der Waals surface area contributed by atoms with Gasteiger partial charge in [0.1, 0.15) is 36.3 Å². The number of fused-ring (bicyclic) bond motifs is 1. The second-order valence-electron chi connectivity index (χ2n) is 12.3. The van der Waals surface area contributed by atoms with Gasteiger partial charge in [-0.2, -0.15) is 0 Å². The number of carbonyl (C=O) groups excluding carboxylic acids is 3. The Labute approximate surface area is 319 Å². The van der Waals surface area contributed by atoms with Gasteiger partial charge in [0.05, 0.1) is 27.4 Å². The van der Waals surface area contributed by atoms with E-state index < -0.39 is 95.6 Å². The molecule has 0 aliphatic carbocycles. The number of anilines is 1. The van der Waals surface area contributed by atoms with Crippen LogP contribution in [0.5, 0.6) is 5.95 Å². The lowest BCUT2D eigenvalue weighted by atomic mass is 9.87. The van der Waals surface area contributed by atoms with E-state index in [1.165, 1.54) is 26.0 Å². The van der Waals surface area contributed by atoms with Crippen LogP contribution in [0.2, 0.25) is 0 Å². The maximum absolute atomic E-state index is 12.5. The van der Waals surface area contributed by atoms with Crippen LogP contribution >= 0.6 is 35.2 Å². The van der Waals surface area contributed by atoms with E-state index in [9.17, 15) is 57.9 Å². The fourth-order valence-corrected chi connectivity index (χ4v) is 8.14. The molecule has 1 aliphatic rings. The van der Waals surface area contributed by atoms with Crippen molar-refractivity contribution >= 4 is 69.1 Å². The van der Waals surface area contributed by atoms with Gasteiger partial charge in [-0.25, -0.2) is 19.3 Å². The van der Waals surface area contributed by atoms with Gasteiger partial charge in [0.15, 0.2) is 23.5 Å². The number of nitrogens with two attached hydrogens (primary N) is 1. The molecule has 0 aromatic carbocycles. The van der Waals surface area contributed by atoms with Crippen LogP contribution in [0.1, 0.15) is 37.1 Å². The highest BCUT2D eigenvalue weighted by molar-refractivity contribution is 8.14. The minimum atomic E-state index is -5.93. The molecule has 4 heterocycles. The molecule has 3 aromatic rings. The molecule has 30 heteroatoms. The molecule has 56 heavy (non-hydrogen) atoms. The smallest absolute Gasteiger partial charge is 0.282 e. The number of amides is 2. The summed E-state index contributed by atoms with van der Waals surface area (Å²) in [5.74, 6) is -2.00. The molecule has 312 valence electrons. The Morgan fingerprint density at radius 2 is 1.77 bits per heavy atom. The summed E-state index contributed by atoms with van der Waals surface area (Å²) in [4.78, 5) is 95.8. The van der Waals surface area contributed by atoms with Crippen molar-refractivity contribution < 1.29 is 90.0 Å². The average molecular weight is 874 g/mol. The number of carbonyl (C=O) groups is 3. The molecule has 7 atom stereocenters. The number of aliphatic hydroxyl groups excluding tert-OH is 2. The highest BCUT2D eigenvalue weighted by atomic mass is 32.2. The van der Waals surface area contributed by atoms with Crippen molar-refractivity contribution in [2.24, 2.45) is 5.41 Å². The van der Waals surface area contributed by atoms with E-state index in [0.717, 1.165) is 29.0 Å². The third-order valence-corrected chi connectivity index (χ3v) is 11.4. The first kappa shape index (κ1) is 45.3. The second-order valence-corrected chi connectivity index (χ2v) is 17.4. The summed E-state index contributed by atoms with van der Waals surface area (Å²) >= 11 is 0.820. The predicted octanol–water partition coefficient (Wildman–Crippen LogP) is -3.25. The summed E-state index contributed by atoms with van der Waals surface area (Å²) in [7, 11) is -17.6. The number of nitrogens with one attached hydrogen (secondary N) is 2. The predicted molar refractivity (Wildman–Crippen MR) is 178 cm³/mol. The molecule has 1 aliphatic heterocycles. The van der Waals surface area contributed by atoms with Gasteiger partial charge in [-0.1, -0.05) is 25.6 Å². The monoisotopic (exact) mass is 873 g/mol. The van der Waals surface area contributed by atoms with Crippen LogP contribution in [0.15, 0.2) is 29.2 Å². The van der Waals surface area contributed by atoms with Crippen LogP contribution in [0.25, 0.3) is 11.2 Å². The van der Waals surface area contributed by atoms with Gasteiger partial charge in [0.2, 0.25) is 11.8 Å². The van der Waals surface area contributed by atoms with Gasteiger partial charge < -0.3 is 78.6 Å². The lowest BCUT2D eigenvalue weighted by molar-refractivity contribution is -0.347. The average Bonchev–Trinajstić information content (AvgIpc) is 3.81. The zero-order valence-corrected chi connectivity index (χ0v) is 32.4. The Morgan fingerprint density at radius 3 is 2.43 bits per heavy atom. The molecule has 4 rings (SSSR count). The Kier molecular flexibility index (Phi) is 15.0. The van der Waals surface area contributed by atoms with Gasteiger partial charge in [-0.05, 0) is 6.07 Å². The second kappa shape index (κ2) is 18.5. The van der Waals surface area contributed by atoms with Crippen molar-refractivity contribution in [1.29, 1.82) is 0 Å². The first-order chi connectivity index (χ1) is 26.0. The third kappa shape index (κ3) is 12.6. The van der Waals surface area contributed by atoms with E-state index >= 15 is 0 Å². The minimum absolute atomic E-state index is 0.0295. The van der Waals surface area contributed by atoms with Crippen LogP contribution in [-0.4, -0.2) is 108 Å². The number of phosphoric acid groups is 3. The van der Waals surface area contributed by atoms with Crippen LogP contribution < -0.4 is 35.9 Å². The number of hydrogen-bond acceptors (Lipinski definition) is 24. The number of aromatic hydroxyl groups is 1. The van der Waals surface area contributed by atoms with E-state index in [0.29, 0.717) is 0 Å².